The normalized spacial score (nSPS) is 10.8. The van der Waals surface area contributed by atoms with E-state index in [1.54, 1.807) is 44.4 Å². The van der Waals surface area contributed by atoms with Crippen molar-refractivity contribution in [3.63, 3.8) is 0 Å². The maximum Gasteiger partial charge on any atom is 0.310 e. The molecule has 0 aliphatic heterocycles. The van der Waals surface area contributed by atoms with Gasteiger partial charge in [-0.15, -0.1) is 0 Å². The monoisotopic (exact) mass is 397 g/mol. The fourth-order valence-corrected chi connectivity index (χ4v) is 2.65. The molecule has 0 atom stereocenters. The number of ether oxygens (including phenoxy) is 3. The van der Waals surface area contributed by atoms with Crippen LogP contribution in [0.15, 0.2) is 48.5 Å². The SMILES string of the molecule is CCOC(=O)Cc1ccccc1NC(=O)/C=C/c1ccc(OC(C)C)c(OC)c1. The van der Waals surface area contributed by atoms with E-state index in [2.05, 4.69) is 5.32 Å². The molecule has 154 valence electrons. The lowest BCUT2D eigenvalue weighted by atomic mass is 10.1. The molecule has 6 nitrogen and oxygen atoms in total. The van der Waals surface area contributed by atoms with E-state index >= 15 is 0 Å². The summed E-state index contributed by atoms with van der Waals surface area (Å²) in [7, 11) is 1.57. The molecular weight excluding hydrogens is 370 g/mol. The quantitative estimate of drug-likeness (QED) is 0.506. The number of esters is 1. The summed E-state index contributed by atoms with van der Waals surface area (Å²) in [6.07, 6.45) is 3.25. The van der Waals surface area contributed by atoms with Gasteiger partial charge in [0.05, 0.1) is 26.2 Å². The van der Waals surface area contributed by atoms with Crippen LogP contribution in [-0.4, -0.2) is 31.7 Å². The van der Waals surface area contributed by atoms with E-state index in [-0.39, 0.29) is 24.4 Å². The molecular formula is C23H27NO5. The van der Waals surface area contributed by atoms with E-state index in [1.807, 2.05) is 32.0 Å². The number of anilines is 1. The summed E-state index contributed by atoms with van der Waals surface area (Å²) >= 11 is 0. The van der Waals surface area contributed by atoms with Crippen LogP contribution in [0.5, 0.6) is 11.5 Å². The standard InChI is InChI=1S/C23H27NO5/c1-5-28-23(26)15-18-8-6-7-9-19(18)24-22(25)13-11-17-10-12-20(29-16(2)3)21(14-17)27-4/h6-14,16H,5,15H2,1-4H3,(H,24,25)/b13-11+. The highest BCUT2D eigenvalue weighted by Crippen LogP contribution is 2.29. The molecule has 1 amide bonds. The van der Waals surface area contributed by atoms with Crippen molar-refractivity contribution in [2.24, 2.45) is 0 Å². The fourth-order valence-electron chi connectivity index (χ4n) is 2.65. The number of para-hydroxylation sites is 1. The minimum Gasteiger partial charge on any atom is -0.493 e. The number of amides is 1. The second-order valence-electron chi connectivity index (χ2n) is 6.54. The molecule has 29 heavy (non-hydrogen) atoms. The molecule has 0 aromatic heterocycles. The van der Waals surface area contributed by atoms with Crippen LogP contribution in [-0.2, 0) is 20.7 Å². The molecule has 2 aromatic rings. The Labute approximate surface area is 171 Å². The van der Waals surface area contributed by atoms with Crippen LogP contribution in [0.1, 0.15) is 31.9 Å². The Morgan fingerprint density at radius 3 is 2.55 bits per heavy atom. The summed E-state index contributed by atoms with van der Waals surface area (Å²) in [6.45, 7) is 5.96. The van der Waals surface area contributed by atoms with E-state index < -0.39 is 0 Å². The van der Waals surface area contributed by atoms with Gasteiger partial charge in [-0.1, -0.05) is 24.3 Å². The fraction of sp³-hybridized carbons (Fsp3) is 0.304. The van der Waals surface area contributed by atoms with Crippen LogP contribution >= 0.6 is 0 Å². The van der Waals surface area contributed by atoms with Gasteiger partial charge in [-0.3, -0.25) is 9.59 Å². The van der Waals surface area contributed by atoms with Gasteiger partial charge in [-0.25, -0.2) is 0 Å². The third kappa shape index (κ3) is 6.99. The Bertz CT molecular complexity index is 873. The highest BCUT2D eigenvalue weighted by Gasteiger charge is 2.10. The van der Waals surface area contributed by atoms with Crippen LogP contribution in [0.25, 0.3) is 6.08 Å². The first-order valence-electron chi connectivity index (χ1n) is 9.50. The molecule has 0 bridgehead atoms. The number of hydrogen-bond acceptors (Lipinski definition) is 5. The van der Waals surface area contributed by atoms with Crippen LogP contribution < -0.4 is 14.8 Å². The first kappa shape index (κ1) is 22.0. The maximum atomic E-state index is 12.3. The van der Waals surface area contributed by atoms with Crippen molar-refractivity contribution < 1.29 is 23.8 Å². The molecule has 0 saturated heterocycles. The number of rotatable bonds is 9. The van der Waals surface area contributed by atoms with Crippen LogP contribution in [0, 0.1) is 0 Å². The summed E-state index contributed by atoms with van der Waals surface area (Å²) in [5.74, 6) is 0.612. The topological polar surface area (TPSA) is 73.9 Å². The van der Waals surface area contributed by atoms with Crippen LogP contribution in [0.3, 0.4) is 0 Å². The van der Waals surface area contributed by atoms with Gasteiger partial charge in [-0.2, -0.15) is 0 Å². The second kappa shape index (κ2) is 10.9. The molecule has 2 aromatic carbocycles. The number of hydrogen-bond donors (Lipinski definition) is 1. The molecule has 0 unspecified atom stereocenters. The predicted molar refractivity (Wildman–Crippen MR) is 113 cm³/mol. The van der Waals surface area contributed by atoms with Crippen molar-refractivity contribution in [3.05, 3.63) is 59.7 Å². The van der Waals surface area contributed by atoms with Crippen molar-refractivity contribution in [3.8, 4) is 11.5 Å². The molecule has 0 fully saturated rings. The largest absolute Gasteiger partial charge is 0.493 e. The van der Waals surface area contributed by atoms with Crippen molar-refractivity contribution >= 4 is 23.6 Å². The van der Waals surface area contributed by atoms with Crippen molar-refractivity contribution in [2.45, 2.75) is 33.3 Å². The van der Waals surface area contributed by atoms with E-state index in [0.29, 0.717) is 29.4 Å². The molecule has 1 N–H and O–H groups in total. The number of nitrogens with one attached hydrogen (secondary N) is 1. The van der Waals surface area contributed by atoms with Gasteiger partial charge in [0.2, 0.25) is 5.91 Å². The predicted octanol–water partition coefficient (Wildman–Crippen LogP) is 4.24. The van der Waals surface area contributed by atoms with Crippen molar-refractivity contribution in [1.29, 1.82) is 0 Å². The lowest BCUT2D eigenvalue weighted by Crippen LogP contribution is -2.13. The number of methoxy groups -OCH3 is 1. The lowest BCUT2D eigenvalue weighted by molar-refractivity contribution is -0.142. The van der Waals surface area contributed by atoms with Gasteiger partial charge in [0, 0.05) is 11.8 Å². The van der Waals surface area contributed by atoms with Gasteiger partial charge in [0.1, 0.15) is 0 Å². The molecule has 0 spiro atoms. The Kier molecular flexibility index (Phi) is 8.27. The summed E-state index contributed by atoms with van der Waals surface area (Å²) in [5.41, 5.74) is 2.07. The first-order chi connectivity index (χ1) is 13.9. The summed E-state index contributed by atoms with van der Waals surface area (Å²) in [6, 6.07) is 12.6. The summed E-state index contributed by atoms with van der Waals surface area (Å²) in [5, 5.41) is 2.80. The molecule has 0 radical (unpaired) electrons. The minimum absolute atomic E-state index is 0.0331. The first-order valence-corrected chi connectivity index (χ1v) is 9.50. The Balaban J connectivity index is 2.08. The van der Waals surface area contributed by atoms with E-state index in [9.17, 15) is 9.59 Å². The van der Waals surface area contributed by atoms with Crippen LogP contribution in [0.2, 0.25) is 0 Å². The average molecular weight is 397 g/mol. The Morgan fingerprint density at radius 2 is 1.86 bits per heavy atom. The van der Waals surface area contributed by atoms with Gasteiger partial charge in [-0.05, 0) is 56.2 Å². The summed E-state index contributed by atoms with van der Waals surface area (Å²) in [4.78, 5) is 24.1. The van der Waals surface area contributed by atoms with Crippen molar-refractivity contribution in [1.82, 2.24) is 0 Å². The number of carbonyl (C=O) groups excluding carboxylic acids is 2. The second-order valence-corrected chi connectivity index (χ2v) is 6.54. The molecule has 2 rings (SSSR count). The highest BCUT2D eigenvalue weighted by atomic mass is 16.5. The smallest absolute Gasteiger partial charge is 0.310 e. The van der Waals surface area contributed by atoms with E-state index in [4.69, 9.17) is 14.2 Å². The van der Waals surface area contributed by atoms with E-state index in [1.165, 1.54) is 6.08 Å². The zero-order valence-corrected chi connectivity index (χ0v) is 17.2. The van der Waals surface area contributed by atoms with Crippen molar-refractivity contribution in [2.75, 3.05) is 19.0 Å². The van der Waals surface area contributed by atoms with Gasteiger partial charge in [0.25, 0.3) is 0 Å². The van der Waals surface area contributed by atoms with Gasteiger partial charge in [0.15, 0.2) is 11.5 Å². The highest BCUT2D eigenvalue weighted by molar-refractivity contribution is 6.02. The zero-order valence-electron chi connectivity index (χ0n) is 17.2. The molecule has 0 aliphatic rings. The Morgan fingerprint density at radius 1 is 1.10 bits per heavy atom. The van der Waals surface area contributed by atoms with Crippen LogP contribution in [0.4, 0.5) is 5.69 Å². The molecule has 6 heteroatoms. The maximum absolute atomic E-state index is 12.3. The molecule has 0 aliphatic carbocycles. The van der Waals surface area contributed by atoms with E-state index in [0.717, 1.165) is 5.56 Å². The third-order valence-corrected chi connectivity index (χ3v) is 3.89. The number of carbonyl (C=O) groups is 2. The minimum atomic E-state index is -0.333. The molecule has 0 heterocycles. The van der Waals surface area contributed by atoms with Gasteiger partial charge < -0.3 is 19.5 Å². The number of benzene rings is 2. The third-order valence-electron chi connectivity index (χ3n) is 3.89. The zero-order chi connectivity index (χ0) is 21.2. The van der Waals surface area contributed by atoms with Gasteiger partial charge >= 0.3 is 5.97 Å². The Hall–Kier alpha value is -3.28. The average Bonchev–Trinajstić information content (AvgIpc) is 2.68. The lowest BCUT2D eigenvalue weighted by Gasteiger charge is -2.13. The molecule has 0 saturated carbocycles. The summed E-state index contributed by atoms with van der Waals surface area (Å²) < 4.78 is 16.0.